The zero-order valence-electron chi connectivity index (χ0n) is 14.4. The van der Waals surface area contributed by atoms with Crippen LogP contribution in [0.1, 0.15) is 25.3 Å². The number of hydrogen-bond donors (Lipinski definition) is 1. The number of carbonyl (C=O) groups excluding carboxylic acids is 1. The highest BCUT2D eigenvalue weighted by molar-refractivity contribution is 8.00. The van der Waals surface area contributed by atoms with Gasteiger partial charge in [-0.15, -0.1) is 5.10 Å². The molecule has 27 heavy (non-hydrogen) atoms. The summed E-state index contributed by atoms with van der Waals surface area (Å²) >= 11 is 1.13. The first kappa shape index (κ1) is 19.6. The van der Waals surface area contributed by atoms with Crippen LogP contribution in [0.3, 0.4) is 0 Å². The maximum absolute atomic E-state index is 12.8. The van der Waals surface area contributed by atoms with E-state index in [0.29, 0.717) is 18.3 Å². The average Bonchev–Trinajstić information content (AvgIpc) is 3.27. The molecule has 1 fully saturated rings. The Morgan fingerprint density at radius 3 is 3.00 bits per heavy atom. The minimum atomic E-state index is -4.47. The fourth-order valence-corrected chi connectivity index (χ4v) is 3.40. The van der Waals surface area contributed by atoms with Crippen LogP contribution in [-0.2, 0) is 22.3 Å². The van der Waals surface area contributed by atoms with E-state index in [0.717, 1.165) is 36.7 Å². The minimum absolute atomic E-state index is 0.0436. The number of carbonyl (C=O) groups is 1. The summed E-state index contributed by atoms with van der Waals surface area (Å²) in [7, 11) is 0. The number of amides is 1. The topological polar surface area (TPSA) is 81.9 Å². The molecule has 2 atom stereocenters. The molecular weight excluding hydrogens is 383 g/mol. The SMILES string of the molecule is C[C@@H](Sc1nnnn1C[C@H]1CCCO1)C(=O)Nc1cccc(C(F)(F)F)c1. The van der Waals surface area contributed by atoms with Crippen LogP contribution in [0, 0.1) is 0 Å². The summed E-state index contributed by atoms with van der Waals surface area (Å²) < 4.78 is 45.5. The van der Waals surface area contributed by atoms with Crippen molar-refractivity contribution in [2.75, 3.05) is 11.9 Å². The van der Waals surface area contributed by atoms with Gasteiger partial charge in [0.15, 0.2) is 0 Å². The third kappa shape index (κ3) is 5.19. The first-order valence-electron chi connectivity index (χ1n) is 8.35. The van der Waals surface area contributed by atoms with Gasteiger partial charge in [0, 0.05) is 12.3 Å². The fraction of sp³-hybridized carbons (Fsp3) is 0.500. The summed E-state index contributed by atoms with van der Waals surface area (Å²) in [6, 6.07) is 4.51. The normalized spacial score (nSPS) is 18.4. The molecule has 11 heteroatoms. The molecule has 2 aromatic rings. The van der Waals surface area contributed by atoms with Crippen molar-refractivity contribution in [2.45, 2.75) is 49.0 Å². The molecule has 1 amide bonds. The van der Waals surface area contributed by atoms with Crippen LogP contribution >= 0.6 is 11.8 Å². The van der Waals surface area contributed by atoms with Crippen LogP contribution in [0.2, 0.25) is 0 Å². The molecule has 0 saturated carbocycles. The third-order valence-corrected chi connectivity index (χ3v) is 5.08. The Labute approximate surface area is 157 Å². The minimum Gasteiger partial charge on any atom is -0.376 e. The van der Waals surface area contributed by atoms with E-state index < -0.39 is 22.9 Å². The van der Waals surface area contributed by atoms with Gasteiger partial charge in [0.2, 0.25) is 11.1 Å². The van der Waals surface area contributed by atoms with E-state index >= 15 is 0 Å². The molecule has 146 valence electrons. The molecule has 0 aliphatic carbocycles. The number of alkyl halides is 3. The summed E-state index contributed by atoms with van der Waals surface area (Å²) in [6.45, 7) is 2.85. The lowest BCUT2D eigenvalue weighted by atomic mass is 10.2. The van der Waals surface area contributed by atoms with Gasteiger partial charge < -0.3 is 10.1 Å². The van der Waals surface area contributed by atoms with Crippen LogP contribution in [0.4, 0.5) is 18.9 Å². The molecule has 0 spiro atoms. The molecule has 1 aromatic carbocycles. The Balaban J connectivity index is 1.61. The van der Waals surface area contributed by atoms with E-state index in [-0.39, 0.29) is 11.8 Å². The van der Waals surface area contributed by atoms with E-state index in [1.165, 1.54) is 12.1 Å². The van der Waals surface area contributed by atoms with Crippen molar-refractivity contribution in [3.05, 3.63) is 29.8 Å². The standard InChI is InChI=1S/C16H18F3N5O2S/c1-10(14(25)20-12-5-2-4-11(8-12)16(17,18)19)27-15-21-22-23-24(15)9-13-6-3-7-26-13/h2,4-5,8,10,13H,3,6-7,9H2,1H3,(H,20,25)/t10-,13-/m1/s1. The Kier molecular flexibility index (Phi) is 6.00. The first-order chi connectivity index (χ1) is 12.8. The highest BCUT2D eigenvalue weighted by Crippen LogP contribution is 2.31. The van der Waals surface area contributed by atoms with E-state index in [2.05, 4.69) is 20.8 Å². The molecular formula is C16H18F3N5O2S. The molecule has 1 saturated heterocycles. The highest BCUT2D eigenvalue weighted by Gasteiger charge is 2.30. The number of anilines is 1. The number of tetrazole rings is 1. The molecule has 1 aromatic heterocycles. The monoisotopic (exact) mass is 401 g/mol. The number of halogens is 3. The van der Waals surface area contributed by atoms with E-state index in [1.54, 1.807) is 11.6 Å². The van der Waals surface area contributed by atoms with Gasteiger partial charge in [-0.1, -0.05) is 17.8 Å². The van der Waals surface area contributed by atoms with Crippen LogP contribution in [0.25, 0.3) is 0 Å². The van der Waals surface area contributed by atoms with Gasteiger partial charge in [-0.05, 0) is 48.4 Å². The second-order valence-corrected chi connectivity index (χ2v) is 7.41. The average molecular weight is 401 g/mol. The summed E-state index contributed by atoms with van der Waals surface area (Å²) in [4.78, 5) is 12.3. The molecule has 3 rings (SSSR count). The molecule has 1 N–H and O–H groups in total. The molecule has 1 aliphatic heterocycles. The van der Waals surface area contributed by atoms with Crippen molar-refractivity contribution in [1.82, 2.24) is 20.2 Å². The third-order valence-electron chi connectivity index (χ3n) is 4.01. The largest absolute Gasteiger partial charge is 0.416 e. The quantitative estimate of drug-likeness (QED) is 0.750. The number of rotatable bonds is 6. The lowest BCUT2D eigenvalue weighted by Gasteiger charge is -2.14. The Morgan fingerprint density at radius 1 is 1.48 bits per heavy atom. The summed E-state index contributed by atoms with van der Waals surface area (Å²) in [5, 5.41) is 13.8. The smallest absolute Gasteiger partial charge is 0.376 e. The van der Waals surface area contributed by atoms with Gasteiger partial charge in [-0.2, -0.15) is 13.2 Å². The highest BCUT2D eigenvalue weighted by atomic mass is 32.2. The van der Waals surface area contributed by atoms with Gasteiger partial charge >= 0.3 is 6.18 Å². The maximum Gasteiger partial charge on any atom is 0.416 e. The molecule has 7 nitrogen and oxygen atoms in total. The Hall–Kier alpha value is -2.14. The van der Waals surface area contributed by atoms with Crippen LogP contribution < -0.4 is 5.32 Å². The van der Waals surface area contributed by atoms with E-state index in [4.69, 9.17) is 4.74 Å². The van der Waals surface area contributed by atoms with Crippen molar-refractivity contribution in [2.24, 2.45) is 0 Å². The second-order valence-electron chi connectivity index (χ2n) is 6.11. The van der Waals surface area contributed by atoms with Crippen molar-refractivity contribution in [1.29, 1.82) is 0 Å². The number of thioether (sulfide) groups is 1. The maximum atomic E-state index is 12.8. The molecule has 0 bridgehead atoms. The van der Waals surface area contributed by atoms with Gasteiger partial charge in [0.25, 0.3) is 0 Å². The van der Waals surface area contributed by atoms with Crippen molar-refractivity contribution in [3.8, 4) is 0 Å². The summed E-state index contributed by atoms with van der Waals surface area (Å²) in [5.41, 5.74) is -0.734. The lowest BCUT2D eigenvalue weighted by Crippen LogP contribution is -2.24. The lowest BCUT2D eigenvalue weighted by molar-refractivity contribution is -0.137. The number of ether oxygens (including phenoxy) is 1. The number of hydrogen-bond acceptors (Lipinski definition) is 6. The van der Waals surface area contributed by atoms with Crippen LogP contribution in [0.15, 0.2) is 29.4 Å². The number of aromatic nitrogens is 4. The van der Waals surface area contributed by atoms with Crippen molar-refractivity contribution < 1.29 is 22.7 Å². The summed E-state index contributed by atoms with van der Waals surface area (Å²) in [5.74, 6) is -0.439. The Bertz CT molecular complexity index is 792. The predicted molar refractivity (Wildman–Crippen MR) is 92.2 cm³/mol. The Morgan fingerprint density at radius 2 is 2.30 bits per heavy atom. The van der Waals surface area contributed by atoms with Gasteiger partial charge in [0.05, 0.1) is 23.5 Å². The fourth-order valence-electron chi connectivity index (χ4n) is 2.61. The van der Waals surface area contributed by atoms with Gasteiger partial charge in [0.1, 0.15) is 0 Å². The van der Waals surface area contributed by atoms with E-state index in [9.17, 15) is 18.0 Å². The van der Waals surface area contributed by atoms with Crippen molar-refractivity contribution >= 4 is 23.4 Å². The van der Waals surface area contributed by atoms with Crippen LogP contribution in [-0.4, -0.2) is 44.1 Å². The first-order valence-corrected chi connectivity index (χ1v) is 9.23. The second kappa shape index (κ2) is 8.26. The van der Waals surface area contributed by atoms with Gasteiger partial charge in [-0.3, -0.25) is 4.79 Å². The number of benzene rings is 1. The van der Waals surface area contributed by atoms with Gasteiger partial charge in [-0.25, -0.2) is 4.68 Å². The number of nitrogens with one attached hydrogen (secondary N) is 1. The van der Waals surface area contributed by atoms with Crippen LogP contribution in [0.5, 0.6) is 0 Å². The summed E-state index contributed by atoms with van der Waals surface area (Å²) in [6.07, 6.45) is -2.51. The molecule has 0 unspecified atom stereocenters. The van der Waals surface area contributed by atoms with Crippen molar-refractivity contribution in [3.63, 3.8) is 0 Å². The number of nitrogens with zero attached hydrogens (tertiary/aromatic N) is 4. The zero-order valence-corrected chi connectivity index (χ0v) is 15.3. The zero-order chi connectivity index (χ0) is 19.4. The molecule has 1 aliphatic rings. The molecule has 0 radical (unpaired) electrons. The van der Waals surface area contributed by atoms with E-state index in [1.807, 2.05) is 0 Å². The predicted octanol–water partition coefficient (Wildman–Crippen LogP) is 2.99. The molecule has 2 heterocycles.